The van der Waals surface area contributed by atoms with Gasteiger partial charge in [0, 0.05) is 23.8 Å². The number of nitrogens with zero attached hydrogens (tertiary/aromatic N) is 2. The second-order valence-corrected chi connectivity index (χ2v) is 6.70. The first-order valence-electron chi connectivity index (χ1n) is 6.79. The van der Waals surface area contributed by atoms with Crippen molar-refractivity contribution in [3.63, 3.8) is 0 Å². The quantitative estimate of drug-likeness (QED) is 0.925. The maximum Gasteiger partial charge on any atom is 0.143 e. The summed E-state index contributed by atoms with van der Waals surface area (Å²) in [4.78, 5) is 4.61. The number of halogens is 1. The first kappa shape index (κ1) is 15.5. The second kappa shape index (κ2) is 6.23. The molecule has 0 unspecified atom stereocenters. The lowest BCUT2D eigenvalue weighted by Gasteiger charge is -2.13. The highest BCUT2D eigenvalue weighted by molar-refractivity contribution is 7.09. The Morgan fingerprint density at radius 1 is 1.38 bits per heavy atom. The number of nitriles is 1. The van der Waals surface area contributed by atoms with Gasteiger partial charge in [-0.3, -0.25) is 0 Å². The normalized spacial score (nSPS) is 11.2. The highest BCUT2D eigenvalue weighted by Crippen LogP contribution is 2.25. The highest BCUT2D eigenvalue weighted by Gasteiger charge is 2.17. The van der Waals surface area contributed by atoms with Crippen LogP contribution in [0.15, 0.2) is 23.6 Å². The molecule has 0 bridgehead atoms. The second-order valence-electron chi connectivity index (χ2n) is 5.84. The molecule has 3 nitrogen and oxygen atoms in total. The van der Waals surface area contributed by atoms with Gasteiger partial charge in [-0.2, -0.15) is 5.26 Å². The van der Waals surface area contributed by atoms with Gasteiger partial charge in [0.15, 0.2) is 0 Å². The first-order valence-corrected chi connectivity index (χ1v) is 7.67. The highest BCUT2D eigenvalue weighted by atomic mass is 32.1. The molecule has 0 saturated heterocycles. The molecule has 0 amide bonds. The van der Waals surface area contributed by atoms with Crippen LogP contribution in [0.4, 0.5) is 10.1 Å². The summed E-state index contributed by atoms with van der Waals surface area (Å²) in [5.41, 5.74) is 1.68. The number of nitrogens with one attached hydrogen (secondary N) is 1. The summed E-state index contributed by atoms with van der Waals surface area (Å²) in [6.45, 7) is 7.03. The van der Waals surface area contributed by atoms with E-state index in [1.807, 2.05) is 6.07 Å². The summed E-state index contributed by atoms with van der Waals surface area (Å²) in [7, 11) is 0. The van der Waals surface area contributed by atoms with E-state index < -0.39 is 5.82 Å². The van der Waals surface area contributed by atoms with Gasteiger partial charge in [0.25, 0.3) is 0 Å². The molecule has 21 heavy (non-hydrogen) atoms. The van der Waals surface area contributed by atoms with Crippen LogP contribution in [0.1, 0.15) is 37.0 Å². The summed E-state index contributed by atoms with van der Waals surface area (Å²) in [5, 5.41) is 15.2. The molecule has 2 rings (SSSR count). The third-order valence-electron chi connectivity index (χ3n) is 3.02. The van der Waals surface area contributed by atoms with Crippen molar-refractivity contribution in [3.8, 4) is 6.07 Å². The molecule has 1 N–H and O–H groups in total. The molecule has 0 radical (unpaired) electrons. The summed E-state index contributed by atoms with van der Waals surface area (Å²) < 4.78 is 13.5. The Morgan fingerprint density at radius 3 is 2.76 bits per heavy atom. The zero-order valence-corrected chi connectivity index (χ0v) is 13.2. The molecule has 0 saturated carbocycles. The molecule has 5 heteroatoms. The average Bonchev–Trinajstić information content (AvgIpc) is 2.88. The van der Waals surface area contributed by atoms with E-state index in [2.05, 4.69) is 36.5 Å². The topological polar surface area (TPSA) is 48.7 Å². The Bertz CT molecular complexity index is 665. The minimum absolute atomic E-state index is 0.0613. The van der Waals surface area contributed by atoms with E-state index in [1.165, 1.54) is 6.07 Å². The van der Waals surface area contributed by atoms with E-state index in [1.54, 1.807) is 23.5 Å². The van der Waals surface area contributed by atoms with Crippen LogP contribution >= 0.6 is 11.3 Å². The molecule has 1 aromatic heterocycles. The maximum absolute atomic E-state index is 13.5. The minimum atomic E-state index is -0.494. The van der Waals surface area contributed by atoms with Crippen LogP contribution in [0.3, 0.4) is 0 Å². The molecule has 1 aromatic carbocycles. The predicted octanol–water partition coefficient (Wildman–Crippen LogP) is 4.11. The molecule has 0 aliphatic rings. The van der Waals surface area contributed by atoms with E-state index in [4.69, 9.17) is 5.26 Å². The standard InChI is InChI=1S/C16H18FN3S/c1-16(2,3)15-20-11(10-21-15)7-8-19-14-6-4-5-13(17)12(14)9-18/h4-6,10,19H,7-8H2,1-3H3. The fourth-order valence-electron chi connectivity index (χ4n) is 1.88. The van der Waals surface area contributed by atoms with Crippen molar-refractivity contribution in [2.45, 2.75) is 32.6 Å². The number of aromatic nitrogens is 1. The Hall–Kier alpha value is -1.93. The number of rotatable bonds is 4. The van der Waals surface area contributed by atoms with Crippen molar-refractivity contribution in [2.75, 3.05) is 11.9 Å². The van der Waals surface area contributed by atoms with Crippen molar-refractivity contribution in [1.82, 2.24) is 4.98 Å². The van der Waals surface area contributed by atoms with Gasteiger partial charge in [-0.25, -0.2) is 9.37 Å². The van der Waals surface area contributed by atoms with Crippen LogP contribution in [0, 0.1) is 17.1 Å². The number of thiazole rings is 1. The van der Waals surface area contributed by atoms with Crippen LogP contribution in [-0.2, 0) is 11.8 Å². The molecular weight excluding hydrogens is 285 g/mol. The average molecular weight is 303 g/mol. The van der Waals surface area contributed by atoms with Crippen LogP contribution in [0.25, 0.3) is 0 Å². The molecular formula is C16H18FN3S. The smallest absolute Gasteiger partial charge is 0.143 e. The van der Waals surface area contributed by atoms with Crippen molar-refractivity contribution in [3.05, 3.63) is 45.7 Å². The lowest BCUT2D eigenvalue weighted by Crippen LogP contribution is -2.11. The zero-order valence-electron chi connectivity index (χ0n) is 12.4. The van der Waals surface area contributed by atoms with Crippen molar-refractivity contribution >= 4 is 17.0 Å². The molecule has 0 atom stereocenters. The lowest BCUT2D eigenvalue weighted by molar-refractivity contribution is 0.583. The summed E-state index contributed by atoms with van der Waals surface area (Å²) in [6.07, 6.45) is 0.744. The van der Waals surface area contributed by atoms with E-state index >= 15 is 0 Å². The van der Waals surface area contributed by atoms with E-state index in [-0.39, 0.29) is 11.0 Å². The van der Waals surface area contributed by atoms with E-state index in [0.29, 0.717) is 12.2 Å². The van der Waals surface area contributed by atoms with Crippen molar-refractivity contribution in [1.29, 1.82) is 5.26 Å². The first-order chi connectivity index (χ1) is 9.91. The van der Waals surface area contributed by atoms with Gasteiger partial charge >= 0.3 is 0 Å². The monoisotopic (exact) mass is 303 g/mol. The molecule has 2 aromatic rings. The number of hydrogen-bond acceptors (Lipinski definition) is 4. The molecule has 1 heterocycles. The Morgan fingerprint density at radius 2 is 2.14 bits per heavy atom. The predicted molar refractivity (Wildman–Crippen MR) is 84.1 cm³/mol. The fraction of sp³-hybridized carbons (Fsp3) is 0.375. The Labute approximate surface area is 128 Å². The Balaban J connectivity index is 1.98. The molecule has 110 valence electrons. The largest absolute Gasteiger partial charge is 0.383 e. The summed E-state index contributed by atoms with van der Waals surface area (Å²) >= 11 is 1.66. The lowest BCUT2D eigenvalue weighted by atomic mass is 9.98. The minimum Gasteiger partial charge on any atom is -0.383 e. The fourth-order valence-corrected chi connectivity index (χ4v) is 2.82. The van der Waals surface area contributed by atoms with Crippen molar-refractivity contribution in [2.24, 2.45) is 0 Å². The third kappa shape index (κ3) is 3.79. The number of hydrogen-bond donors (Lipinski definition) is 1. The van der Waals surface area contributed by atoms with Crippen LogP contribution in [0.5, 0.6) is 0 Å². The van der Waals surface area contributed by atoms with Gasteiger partial charge in [0.05, 0.1) is 16.4 Å². The van der Waals surface area contributed by atoms with Gasteiger partial charge < -0.3 is 5.32 Å². The van der Waals surface area contributed by atoms with Gasteiger partial charge in [-0.05, 0) is 12.1 Å². The van der Waals surface area contributed by atoms with Gasteiger partial charge in [0.2, 0.25) is 0 Å². The van der Waals surface area contributed by atoms with Crippen LogP contribution in [0.2, 0.25) is 0 Å². The number of anilines is 1. The molecule has 0 spiro atoms. The Kier molecular flexibility index (Phi) is 4.59. The summed E-state index contributed by atoms with van der Waals surface area (Å²) in [6, 6.07) is 6.48. The maximum atomic E-state index is 13.5. The van der Waals surface area contributed by atoms with Gasteiger partial charge in [-0.15, -0.1) is 11.3 Å². The molecule has 0 aliphatic heterocycles. The van der Waals surface area contributed by atoms with Crippen molar-refractivity contribution < 1.29 is 4.39 Å². The third-order valence-corrected chi connectivity index (χ3v) is 4.33. The molecule has 0 fully saturated rings. The van der Waals surface area contributed by atoms with Gasteiger partial charge in [-0.1, -0.05) is 26.8 Å². The van der Waals surface area contributed by atoms with Crippen LogP contribution < -0.4 is 5.32 Å². The molecule has 0 aliphatic carbocycles. The van der Waals surface area contributed by atoms with Gasteiger partial charge in [0.1, 0.15) is 17.4 Å². The van der Waals surface area contributed by atoms with E-state index in [9.17, 15) is 4.39 Å². The number of benzene rings is 1. The van der Waals surface area contributed by atoms with E-state index in [0.717, 1.165) is 17.1 Å². The summed E-state index contributed by atoms with van der Waals surface area (Å²) in [5.74, 6) is -0.494. The zero-order chi connectivity index (χ0) is 15.5. The SMILES string of the molecule is CC(C)(C)c1nc(CCNc2cccc(F)c2C#N)cs1. The van der Waals surface area contributed by atoms with Crippen LogP contribution in [-0.4, -0.2) is 11.5 Å².